The Kier molecular flexibility index (Phi) is 5.75. The zero-order valence-corrected chi connectivity index (χ0v) is 12.7. The van der Waals surface area contributed by atoms with E-state index < -0.39 is 0 Å². The summed E-state index contributed by atoms with van der Waals surface area (Å²) in [5.74, 6) is 0.819. The maximum absolute atomic E-state index is 11.8. The highest BCUT2D eigenvalue weighted by Crippen LogP contribution is 2.24. The summed E-state index contributed by atoms with van der Waals surface area (Å²) in [6.45, 7) is 0.770. The van der Waals surface area contributed by atoms with Crippen molar-refractivity contribution in [3.63, 3.8) is 0 Å². The topological polar surface area (TPSA) is 54.5 Å². The van der Waals surface area contributed by atoms with E-state index in [9.17, 15) is 4.79 Å². The lowest BCUT2D eigenvalue weighted by atomic mass is 10.2. The minimum Gasteiger partial charge on any atom is -0.490 e. The highest BCUT2D eigenvalue weighted by Gasteiger charge is 2.26. The number of nitrogens with one attached hydrogen (secondary N) is 1. The molecule has 1 fully saturated rings. The van der Waals surface area contributed by atoms with Crippen LogP contribution in [-0.4, -0.2) is 48.6 Å². The van der Waals surface area contributed by atoms with Gasteiger partial charge in [0, 0.05) is 37.5 Å². The molecule has 0 saturated heterocycles. The van der Waals surface area contributed by atoms with Crippen LogP contribution in [-0.2, 0) is 4.79 Å². The second-order valence-electron chi connectivity index (χ2n) is 5.61. The van der Waals surface area contributed by atoms with Gasteiger partial charge in [0.15, 0.2) is 0 Å². The first-order valence-electron chi connectivity index (χ1n) is 7.32. The van der Waals surface area contributed by atoms with Gasteiger partial charge in [-0.1, -0.05) is 6.08 Å². The fourth-order valence-corrected chi connectivity index (χ4v) is 2.41. The van der Waals surface area contributed by atoms with E-state index in [1.807, 2.05) is 37.2 Å². The molecular weight excluding hydrogens is 266 g/mol. The van der Waals surface area contributed by atoms with Crippen molar-refractivity contribution in [1.82, 2.24) is 15.2 Å². The Balaban J connectivity index is 1.72. The molecule has 114 valence electrons. The molecule has 5 heteroatoms. The lowest BCUT2D eigenvalue weighted by Crippen LogP contribution is -2.32. The van der Waals surface area contributed by atoms with Crippen molar-refractivity contribution in [2.45, 2.75) is 31.4 Å². The van der Waals surface area contributed by atoms with E-state index in [4.69, 9.17) is 4.74 Å². The third-order valence-corrected chi connectivity index (χ3v) is 3.42. The average molecular weight is 289 g/mol. The summed E-state index contributed by atoms with van der Waals surface area (Å²) in [7, 11) is 3.94. The maximum Gasteiger partial charge on any atom is 0.243 e. The number of hydrogen-bond acceptors (Lipinski definition) is 4. The molecule has 2 atom stereocenters. The second kappa shape index (κ2) is 7.78. The summed E-state index contributed by atoms with van der Waals surface area (Å²) in [4.78, 5) is 17.8. The summed E-state index contributed by atoms with van der Waals surface area (Å²) in [5, 5.41) is 3.03. The molecule has 1 aliphatic rings. The van der Waals surface area contributed by atoms with Gasteiger partial charge in [-0.25, -0.2) is 0 Å². The molecular formula is C16H23N3O2. The Bertz CT molecular complexity index is 474. The molecule has 1 N–H and O–H groups in total. The zero-order chi connectivity index (χ0) is 15.1. The van der Waals surface area contributed by atoms with Gasteiger partial charge < -0.3 is 15.0 Å². The SMILES string of the molecule is CN(C)C/C=C/C(=O)NC1CCC(Oc2ccncc2)C1. The number of amides is 1. The summed E-state index contributed by atoms with van der Waals surface area (Å²) in [5.41, 5.74) is 0. The van der Waals surface area contributed by atoms with E-state index in [-0.39, 0.29) is 18.1 Å². The number of aromatic nitrogens is 1. The van der Waals surface area contributed by atoms with Crippen molar-refractivity contribution >= 4 is 5.91 Å². The van der Waals surface area contributed by atoms with Crippen molar-refractivity contribution in [3.05, 3.63) is 36.7 Å². The summed E-state index contributed by atoms with van der Waals surface area (Å²) >= 11 is 0. The number of pyridine rings is 1. The third-order valence-electron chi connectivity index (χ3n) is 3.42. The van der Waals surface area contributed by atoms with Crippen molar-refractivity contribution < 1.29 is 9.53 Å². The monoisotopic (exact) mass is 289 g/mol. The van der Waals surface area contributed by atoms with Gasteiger partial charge >= 0.3 is 0 Å². The first-order chi connectivity index (χ1) is 10.1. The first kappa shape index (κ1) is 15.5. The molecule has 1 aliphatic carbocycles. The molecule has 5 nitrogen and oxygen atoms in total. The molecule has 1 aromatic heterocycles. The van der Waals surface area contributed by atoms with Gasteiger partial charge in [-0.2, -0.15) is 0 Å². The Hall–Kier alpha value is -1.88. The predicted molar refractivity (Wildman–Crippen MR) is 82.1 cm³/mol. The van der Waals surface area contributed by atoms with E-state index >= 15 is 0 Å². The fourth-order valence-electron chi connectivity index (χ4n) is 2.41. The highest BCUT2D eigenvalue weighted by atomic mass is 16.5. The number of nitrogens with zero attached hydrogens (tertiary/aromatic N) is 2. The number of carbonyl (C=O) groups excluding carboxylic acids is 1. The number of likely N-dealkylation sites (N-methyl/N-ethyl adjacent to an activating group) is 1. The lowest BCUT2D eigenvalue weighted by molar-refractivity contribution is -0.117. The van der Waals surface area contributed by atoms with Gasteiger partial charge in [0.1, 0.15) is 11.9 Å². The van der Waals surface area contributed by atoms with Crippen LogP contribution in [0.5, 0.6) is 5.75 Å². The number of hydrogen-bond donors (Lipinski definition) is 1. The van der Waals surface area contributed by atoms with Crippen LogP contribution in [0.3, 0.4) is 0 Å². The van der Waals surface area contributed by atoms with Crippen LogP contribution in [0.15, 0.2) is 36.7 Å². The largest absolute Gasteiger partial charge is 0.490 e. The maximum atomic E-state index is 11.8. The molecule has 0 bridgehead atoms. The molecule has 1 amide bonds. The zero-order valence-electron chi connectivity index (χ0n) is 12.7. The van der Waals surface area contributed by atoms with Gasteiger partial charge in [0.05, 0.1) is 0 Å². The number of rotatable bonds is 6. The van der Waals surface area contributed by atoms with Gasteiger partial charge in [-0.3, -0.25) is 9.78 Å². The number of carbonyl (C=O) groups is 1. The van der Waals surface area contributed by atoms with Crippen LogP contribution in [0.4, 0.5) is 0 Å². The van der Waals surface area contributed by atoms with E-state index in [0.29, 0.717) is 0 Å². The van der Waals surface area contributed by atoms with Gasteiger partial charge in [-0.15, -0.1) is 0 Å². The lowest BCUT2D eigenvalue weighted by Gasteiger charge is -2.14. The molecule has 2 rings (SSSR count). The van der Waals surface area contributed by atoms with E-state index in [1.165, 1.54) is 0 Å². The molecule has 1 saturated carbocycles. The fraction of sp³-hybridized carbons (Fsp3) is 0.500. The summed E-state index contributed by atoms with van der Waals surface area (Å²) in [6.07, 6.45) is 9.88. The molecule has 2 unspecified atom stereocenters. The minimum absolute atomic E-state index is 0.0218. The van der Waals surface area contributed by atoms with Gasteiger partial charge in [-0.05, 0) is 39.1 Å². The second-order valence-corrected chi connectivity index (χ2v) is 5.61. The van der Waals surface area contributed by atoms with Crippen LogP contribution >= 0.6 is 0 Å². The van der Waals surface area contributed by atoms with Crippen LogP contribution in [0, 0.1) is 0 Å². The molecule has 1 aromatic rings. The molecule has 0 aromatic carbocycles. The molecule has 0 spiro atoms. The van der Waals surface area contributed by atoms with E-state index in [1.54, 1.807) is 18.5 Å². The Labute approximate surface area is 126 Å². The van der Waals surface area contributed by atoms with Crippen LogP contribution in [0.1, 0.15) is 19.3 Å². The average Bonchev–Trinajstić information content (AvgIpc) is 2.86. The minimum atomic E-state index is -0.0218. The molecule has 21 heavy (non-hydrogen) atoms. The molecule has 0 aliphatic heterocycles. The van der Waals surface area contributed by atoms with Crippen LogP contribution in [0.25, 0.3) is 0 Å². The summed E-state index contributed by atoms with van der Waals surface area (Å²) in [6, 6.07) is 3.92. The first-order valence-corrected chi connectivity index (χ1v) is 7.32. The van der Waals surface area contributed by atoms with Crippen molar-refractivity contribution in [1.29, 1.82) is 0 Å². The predicted octanol–water partition coefficient (Wildman–Crippen LogP) is 1.62. The Morgan fingerprint density at radius 1 is 1.43 bits per heavy atom. The van der Waals surface area contributed by atoms with E-state index in [0.717, 1.165) is 31.6 Å². The van der Waals surface area contributed by atoms with Gasteiger partial charge in [0.25, 0.3) is 0 Å². The third kappa shape index (κ3) is 5.55. The number of ether oxygens (including phenoxy) is 1. The molecule has 0 radical (unpaired) electrons. The van der Waals surface area contributed by atoms with Crippen molar-refractivity contribution in [2.24, 2.45) is 0 Å². The normalized spacial score (nSPS) is 21.9. The highest BCUT2D eigenvalue weighted by molar-refractivity contribution is 5.87. The van der Waals surface area contributed by atoms with Crippen molar-refractivity contribution in [2.75, 3.05) is 20.6 Å². The molecule has 1 heterocycles. The Morgan fingerprint density at radius 2 is 2.19 bits per heavy atom. The quantitative estimate of drug-likeness (QED) is 0.809. The smallest absolute Gasteiger partial charge is 0.243 e. The van der Waals surface area contributed by atoms with Crippen LogP contribution < -0.4 is 10.1 Å². The van der Waals surface area contributed by atoms with Crippen molar-refractivity contribution in [3.8, 4) is 5.75 Å². The van der Waals surface area contributed by atoms with E-state index in [2.05, 4.69) is 10.3 Å². The van der Waals surface area contributed by atoms with Gasteiger partial charge in [0.2, 0.25) is 5.91 Å². The summed E-state index contributed by atoms with van der Waals surface area (Å²) < 4.78 is 5.88. The van der Waals surface area contributed by atoms with Crippen LogP contribution in [0.2, 0.25) is 0 Å². The standard InChI is InChI=1S/C16H23N3O2/c1-19(2)11-3-4-16(20)18-13-5-6-15(12-13)21-14-7-9-17-10-8-14/h3-4,7-10,13,15H,5-6,11-12H2,1-2H3,(H,18,20)/b4-3+. The Morgan fingerprint density at radius 3 is 2.90 bits per heavy atom.